The molecule has 0 unspecified atom stereocenters. The number of fused-ring (bicyclic) bond motifs is 10. The van der Waals surface area contributed by atoms with E-state index in [1.807, 2.05) is 0 Å². The summed E-state index contributed by atoms with van der Waals surface area (Å²) in [6.07, 6.45) is 57.5. The van der Waals surface area contributed by atoms with Gasteiger partial charge in [0.25, 0.3) is 0 Å². The van der Waals surface area contributed by atoms with Crippen LogP contribution in [0.2, 0.25) is 0 Å². The Morgan fingerprint density at radius 2 is 0.563 bits per heavy atom. The maximum absolute atomic E-state index is 11.9. The van der Waals surface area contributed by atoms with Crippen molar-refractivity contribution in [2.24, 2.45) is 0 Å². The molecule has 11 heteroatoms. The summed E-state index contributed by atoms with van der Waals surface area (Å²) < 4.78 is 28.7. The molecule has 0 spiro atoms. The maximum Gasteiger partial charge on any atom is 0.335 e. The van der Waals surface area contributed by atoms with Crippen molar-refractivity contribution in [2.75, 3.05) is 45.4 Å². The second kappa shape index (κ2) is 52.1. The first-order chi connectivity index (χ1) is 62.1. The van der Waals surface area contributed by atoms with E-state index in [0.29, 0.717) is 54.6 Å². The number of H-pyrrole nitrogens is 2. The molecule has 126 heavy (non-hydrogen) atoms. The third-order valence-corrected chi connectivity index (χ3v) is 24.7. The molecule has 2 aliphatic heterocycles. The quantitative estimate of drug-likeness (QED) is 0.0193. The predicted molar refractivity (Wildman–Crippen MR) is 533 cm³/mol. The number of aromatic carboxylic acids is 1. The van der Waals surface area contributed by atoms with Crippen molar-refractivity contribution in [1.82, 2.24) is 19.9 Å². The van der Waals surface area contributed by atoms with Gasteiger partial charge in [0, 0.05) is 64.2 Å². The van der Waals surface area contributed by atoms with E-state index in [2.05, 4.69) is 250 Å². The van der Waals surface area contributed by atoms with Crippen LogP contribution in [0, 0.1) is 35.5 Å². The van der Waals surface area contributed by atoms with Gasteiger partial charge in [-0.15, -0.1) is 0 Å². The first-order valence-corrected chi connectivity index (χ1v) is 48.7. The number of rotatable bonds is 52. The molecule has 12 rings (SSSR count). The molecule has 0 radical (unpaired) electrons. The number of anilines is 1. The number of ether oxygens (including phenoxy) is 4. The van der Waals surface area contributed by atoms with Crippen LogP contribution in [0.4, 0.5) is 5.69 Å². The van der Waals surface area contributed by atoms with Crippen molar-refractivity contribution >= 4 is 79.6 Å². The molecule has 3 aromatic heterocycles. The van der Waals surface area contributed by atoms with E-state index in [1.54, 1.807) is 24.3 Å². The summed E-state index contributed by atoms with van der Waals surface area (Å²) in [6, 6.07) is 53.1. The van der Waals surface area contributed by atoms with Gasteiger partial charge in [-0.2, -0.15) is 0 Å². The van der Waals surface area contributed by atoms with Crippen LogP contribution in [0.25, 0.3) is 90.2 Å². The molecule has 10 aromatic rings. The maximum atomic E-state index is 11.9. The van der Waals surface area contributed by atoms with Gasteiger partial charge in [-0.3, -0.25) is 0 Å². The van der Waals surface area contributed by atoms with E-state index in [-0.39, 0.29) is 5.56 Å². The van der Waals surface area contributed by atoms with Crippen molar-refractivity contribution < 1.29 is 28.8 Å². The fourth-order valence-electron chi connectivity index (χ4n) is 17.4. The first kappa shape index (κ1) is 94.0. The number of aromatic nitrogens is 4. The van der Waals surface area contributed by atoms with Gasteiger partial charge in [-0.25, -0.2) is 14.8 Å². The minimum atomic E-state index is -0.979. The Morgan fingerprint density at radius 3 is 0.873 bits per heavy atom. The number of carboxylic acids is 1. The Bertz CT molecular complexity index is 5330. The summed E-state index contributed by atoms with van der Waals surface area (Å²) in [5, 5.41) is 13.6. The predicted octanol–water partition coefficient (Wildman–Crippen LogP) is 31.5. The monoisotopic (exact) mass is 1690 g/mol. The summed E-state index contributed by atoms with van der Waals surface area (Å²) in [5.74, 6) is 24.0. The molecule has 11 nitrogen and oxygen atoms in total. The van der Waals surface area contributed by atoms with Crippen LogP contribution >= 0.6 is 0 Å². The highest BCUT2D eigenvalue weighted by Crippen LogP contribution is 2.46. The topological polar surface area (TPSA) is 135 Å². The van der Waals surface area contributed by atoms with Crippen LogP contribution in [-0.4, -0.2) is 71.5 Å². The lowest BCUT2D eigenvalue weighted by atomic mass is 9.91. The third-order valence-electron chi connectivity index (χ3n) is 24.7. The smallest absolute Gasteiger partial charge is 0.335 e. The van der Waals surface area contributed by atoms with Crippen molar-refractivity contribution in [3.8, 4) is 80.8 Å². The molecule has 0 saturated carbocycles. The van der Waals surface area contributed by atoms with E-state index < -0.39 is 5.97 Å². The lowest BCUT2D eigenvalue weighted by Gasteiger charge is -2.18. The largest absolute Gasteiger partial charge is 0.493 e. The lowest BCUT2D eigenvalue weighted by molar-refractivity contribution is 0.0696. The molecule has 5 heterocycles. The van der Waals surface area contributed by atoms with Gasteiger partial charge in [0.2, 0.25) is 0 Å². The number of hydrogen-bond donors (Lipinski definition) is 3. The van der Waals surface area contributed by atoms with E-state index in [1.165, 1.54) is 205 Å². The number of aromatic amines is 2. The van der Waals surface area contributed by atoms with Crippen LogP contribution in [0.15, 0.2) is 158 Å². The van der Waals surface area contributed by atoms with E-state index in [4.69, 9.17) is 28.9 Å². The van der Waals surface area contributed by atoms with Crippen LogP contribution < -0.4 is 23.8 Å². The van der Waals surface area contributed by atoms with Gasteiger partial charge >= 0.3 is 5.97 Å². The van der Waals surface area contributed by atoms with Gasteiger partial charge in [0.1, 0.15) is 23.0 Å². The molecule has 2 aliphatic rings. The molecule has 0 fully saturated rings. The van der Waals surface area contributed by atoms with Gasteiger partial charge in [-0.05, 0) is 169 Å². The Balaban J connectivity index is 1.07. The van der Waals surface area contributed by atoms with Crippen molar-refractivity contribution in [1.29, 1.82) is 0 Å². The summed E-state index contributed by atoms with van der Waals surface area (Å²) in [4.78, 5) is 33.8. The van der Waals surface area contributed by atoms with Crippen molar-refractivity contribution in [2.45, 2.75) is 285 Å². The van der Waals surface area contributed by atoms with Crippen LogP contribution in [0.3, 0.4) is 0 Å². The first-order valence-electron chi connectivity index (χ1n) is 48.7. The highest BCUT2D eigenvalue weighted by Gasteiger charge is 2.26. The zero-order valence-electron chi connectivity index (χ0n) is 76.8. The number of carboxylic acid groups (broad SMARTS) is 1. The van der Waals surface area contributed by atoms with Crippen LogP contribution in [-0.2, 0) is 0 Å². The highest BCUT2D eigenvalue weighted by molar-refractivity contribution is 6.10. The van der Waals surface area contributed by atoms with Crippen LogP contribution in [0.1, 0.15) is 351 Å². The Hall–Kier alpha value is -11.2. The highest BCUT2D eigenvalue weighted by atomic mass is 16.5. The number of carbonyl (C=O) groups is 1. The number of hydrogen-bond acceptors (Lipinski definition) is 8. The SMILES string of the molecule is CCCCCCCCCCCCOc1cccc(OCCCCCCCCCCCC)c1-c1c2nc(c(C#Cc3c4ccccc4c(C#Cc4ccc(C(=O)O)cc4)c4ccccc34)c3ccc([nH]3)c(-c3c(OCCCCCCCCCCCC)cccc3OCCCCCCCCCCCC)c3nc(c(C#Cc4ccc(N(C)C)cc4)c4ccc1[nH]4)C=C3)C=C2. The normalized spacial score (nSPS) is 11.5. The molecule has 660 valence electrons. The van der Waals surface area contributed by atoms with Gasteiger partial charge in [-0.1, -0.05) is 355 Å². The zero-order chi connectivity index (χ0) is 87.5. The Morgan fingerprint density at radius 1 is 0.294 bits per heavy atom. The average molecular weight is 1690 g/mol. The number of benzene rings is 7. The molecule has 0 atom stereocenters. The molecule has 8 bridgehead atoms. The molecular weight excluding hydrogens is 1550 g/mol. The number of nitrogens with zero attached hydrogens (tertiary/aromatic N) is 3. The summed E-state index contributed by atoms with van der Waals surface area (Å²) in [7, 11) is 4.12. The molecular formula is C115H139N5O6. The Kier molecular flexibility index (Phi) is 38.8. The van der Waals surface area contributed by atoms with Crippen molar-refractivity contribution in [3.63, 3.8) is 0 Å². The zero-order valence-corrected chi connectivity index (χ0v) is 76.8. The van der Waals surface area contributed by atoms with Crippen molar-refractivity contribution in [3.05, 3.63) is 219 Å². The summed E-state index contributed by atoms with van der Waals surface area (Å²) in [5.41, 5.74) is 15.2. The van der Waals surface area contributed by atoms with Gasteiger partial charge < -0.3 is 38.9 Å². The fourth-order valence-corrected chi connectivity index (χ4v) is 17.4. The van der Waals surface area contributed by atoms with Gasteiger partial charge in [0.15, 0.2) is 0 Å². The van der Waals surface area contributed by atoms with E-state index >= 15 is 0 Å². The second-order valence-electron chi connectivity index (χ2n) is 34.8. The number of unbranched alkanes of at least 4 members (excludes halogenated alkanes) is 36. The minimum Gasteiger partial charge on any atom is -0.493 e. The molecule has 0 aliphatic carbocycles. The molecule has 7 aromatic carbocycles. The lowest BCUT2D eigenvalue weighted by Crippen LogP contribution is -2.07. The van der Waals surface area contributed by atoms with Crippen LogP contribution in [0.5, 0.6) is 23.0 Å². The average Bonchev–Trinajstić information content (AvgIpc) is 1.26. The minimum absolute atomic E-state index is 0.211. The summed E-state index contributed by atoms with van der Waals surface area (Å²) >= 11 is 0. The molecule has 0 saturated heterocycles. The van der Waals surface area contributed by atoms with Gasteiger partial charge in [0.05, 0.1) is 88.1 Å². The fraction of sp³-hybridized carbons (Fsp3) is 0.435. The number of nitrogens with one attached hydrogen (secondary N) is 2. The van der Waals surface area contributed by atoms with E-state index in [0.717, 1.165) is 174 Å². The standard InChI is InChI=1S/C115H139N5O6/c1-7-11-15-19-23-27-31-35-39-47-83-123-107-57-51-58-108(124-84-48-40-36-32-28-24-20-16-12-8-2)113(107)111-103-79-75-99(116-103)97(72-66-88-63-69-90(70-64-88)120(5)6)100-76-80-104(117-100)112(114-109(125-85-49-41-37-33-29-25-21-17-13-9-3)59-52-60-110(114)126-86-50-42-38-34-30-26-22-18-14-10-4)106-82-78-102(119-106)98(101-77-81-105(111)118-101)74-73-96-93-55-45-43-53-91(93)95(92-54-44-46-56-94(92)96)71-65-87-61-67-89(68-62-87)115(121)122/h43-46,51-64,67-70,75-82,116,119H,7-42,47-50,83-86H2,1-6H3,(H,121,122). The summed E-state index contributed by atoms with van der Waals surface area (Å²) in [6.45, 7) is 11.3. The molecule has 3 N–H and O–H groups in total. The molecule has 0 amide bonds. The third kappa shape index (κ3) is 27.7. The Labute approximate surface area is 753 Å². The van der Waals surface area contributed by atoms with E-state index in [9.17, 15) is 9.90 Å². The second-order valence-corrected chi connectivity index (χ2v) is 34.8.